The summed E-state index contributed by atoms with van der Waals surface area (Å²) < 4.78 is 7.45. The third kappa shape index (κ3) is 2.46. The van der Waals surface area contributed by atoms with Crippen molar-refractivity contribution in [2.75, 3.05) is 31.2 Å². The number of imidazole rings is 1. The van der Waals surface area contributed by atoms with Crippen LogP contribution in [0.15, 0.2) is 42.9 Å². The van der Waals surface area contributed by atoms with Crippen molar-refractivity contribution in [3.63, 3.8) is 0 Å². The maximum atomic E-state index is 9.58. The maximum Gasteiger partial charge on any atom is 0.180 e. The Morgan fingerprint density at radius 3 is 2.78 bits per heavy atom. The number of aromatic nitrogens is 3. The Morgan fingerprint density at radius 1 is 1.13 bits per heavy atom. The van der Waals surface area contributed by atoms with Crippen molar-refractivity contribution in [2.45, 2.75) is 6.61 Å². The van der Waals surface area contributed by atoms with Gasteiger partial charge in [0.15, 0.2) is 11.5 Å². The van der Waals surface area contributed by atoms with E-state index in [0.29, 0.717) is 13.2 Å². The monoisotopic (exact) mass is 310 g/mol. The number of hydrogen-bond acceptors (Lipinski definition) is 5. The number of hydrogen-bond donors (Lipinski definition) is 1. The molecule has 3 aromatic rings. The summed E-state index contributed by atoms with van der Waals surface area (Å²) in [5.74, 6) is 0.878. The van der Waals surface area contributed by atoms with Crippen molar-refractivity contribution in [1.82, 2.24) is 14.4 Å². The largest absolute Gasteiger partial charge is 0.392 e. The van der Waals surface area contributed by atoms with Crippen molar-refractivity contribution < 1.29 is 9.84 Å². The van der Waals surface area contributed by atoms with Gasteiger partial charge in [-0.15, -0.1) is 0 Å². The van der Waals surface area contributed by atoms with Crippen LogP contribution < -0.4 is 4.90 Å². The SMILES string of the molecule is OCc1ccccc1-c1cnc2c(N3CCOCC3)nccn12. The Balaban J connectivity index is 1.84. The highest BCUT2D eigenvalue weighted by molar-refractivity contribution is 5.72. The van der Waals surface area contributed by atoms with Crippen molar-refractivity contribution in [3.05, 3.63) is 48.4 Å². The number of aliphatic hydroxyl groups is 1. The Hall–Kier alpha value is -2.44. The van der Waals surface area contributed by atoms with Gasteiger partial charge in [0, 0.05) is 31.0 Å². The molecule has 118 valence electrons. The maximum absolute atomic E-state index is 9.58. The summed E-state index contributed by atoms with van der Waals surface area (Å²) in [5, 5.41) is 9.58. The van der Waals surface area contributed by atoms with Crippen LogP contribution in [0.3, 0.4) is 0 Å². The third-order valence-electron chi connectivity index (χ3n) is 4.18. The molecule has 6 nitrogen and oxygen atoms in total. The average Bonchev–Trinajstić information content (AvgIpc) is 3.06. The van der Waals surface area contributed by atoms with Gasteiger partial charge in [-0.1, -0.05) is 24.3 Å². The molecule has 0 spiro atoms. The first kappa shape index (κ1) is 14.2. The summed E-state index contributed by atoms with van der Waals surface area (Å²) in [4.78, 5) is 11.3. The van der Waals surface area contributed by atoms with Crippen molar-refractivity contribution in [1.29, 1.82) is 0 Å². The van der Waals surface area contributed by atoms with Gasteiger partial charge >= 0.3 is 0 Å². The van der Waals surface area contributed by atoms with Crippen molar-refractivity contribution >= 4 is 11.5 Å². The van der Waals surface area contributed by atoms with E-state index in [2.05, 4.69) is 14.9 Å². The van der Waals surface area contributed by atoms with Crippen molar-refractivity contribution in [2.24, 2.45) is 0 Å². The van der Waals surface area contributed by atoms with Crippen LogP contribution in [0.1, 0.15) is 5.56 Å². The molecule has 0 unspecified atom stereocenters. The summed E-state index contributed by atoms with van der Waals surface area (Å²) in [6, 6.07) is 7.83. The van der Waals surface area contributed by atoms with Gasteiger partial charge in [-0.05, 0) is 5.56 Å². The molecule has 2 aromatic heterocycles. The van der Waals surface area contributed by atoms with Crippen LogP contribution in [0.5, 0.6) is 0 Å². The number of rotatable bonds is 3. The molecule has 1 N–H and O–H groups in total. The van der Waals surface area contributed by atoms with Gasteiger partial charge in [0.25, 0.3) is 0 Å². The van der Waals surface area contributed by atoms with Crippen LogP contribution in [0.2, 0.25) is 0 Å². The smallest absolute Gasteiger partial charge is 0.180 e. The van der Waals surface area contributed by atoms with Gasteiger partial charge < -0.3 is 14.7 Å². The zero-order valence-corrected chi connectivity index (χ0v) is 12.7. The van der Waals surface area contributed by atoms with Crippen molar-refractivity contribution in [3.8, 4) is 11.3 Å². The number of ether oxygens (including phenoxy) is 1. The lowest BCUT2D eigenvalue weighted by atomic mass is 10.1. The second kappa shape index (κ2) is 5.98. The Bertz CT molecular complexity index is 824. The molecule has 1 saturated heterocycles. The van der Waals surface area contributed by atoms with E-state index < -0.39 is 0 Å². The molecular weight excluding hydrogens is 292 g/mol. The number of benzene rings is 1. The number of anilines is 1. The zero-order chi connectivity index (χ0) is 15.6. The van der Waals surface area contributed by atoms with Gasteiger partial charge in [-0.3, -0.25) is 4.40 Å². The topological polar surface area (TPSA) is 62.9 Å². The fraction of sp³-hybridized carbons (Fsp3) is 0.294. The van der Waals surface area contributed by atoms with Gasteiger partial charge in [0.1, 0.15) is 0 Å². The lowest BCUT2D eigenvalue weighted by molar-refractivity contribution is 0.122. The van der Waals surface area contributed by atoms with E-state index in [9.17, 15) is 5.11 Å². The normalized spacial score (nSPS) is 15.3. The summed E-state index contributed by atoms with van der Waals surface area (Å²) in [5.41, 5.74) is 3.67. The number of morpholine rings is 1. The van der Waals surface area contributed by atoms with E-state index in [4.69, 9.17) is 4.74 Å². The van der Waals surface area contributed by atoms with Crippen LogP contribution in [-0.4, -0.2) is 45.8 Å². The highest BCUT2D eigenvalue weighted by Crippen LogP contribution is 2.27. The minimum Gasteiger partial charge on any atom is -0.392 e. The molecule has 6 heteroatoms. The molecule has 0 radical (unpaired) electrons. The zero-order valence-electron chi connectivity index (χ0n) is 12.7. The lowest BCUT2D eigenvalue weighted by Gasteiger charge is -2.27. The quantitative estimate of drug-likeness (QED) is 0.798. The van der Waals surface area contributed by atoms with Crippen LogP contribution >= 0.6 is 0 Å². The molecule has 1 aliphatic heterocycles. The van der Waals surface area contributed by atoms with E-state index in [1.54, 1.807) is 6.20 Å². The van der Waals surface area contributed by atoms with Crippen LogP contribution in [-0.2, 0) is 11.3 Å². The predicted molar refractivity (Wildman–Crippen MR) is 87.4 cm³/mol. The fourth-order valence-corrected chi connectivity index (χ4v) is 3.01. The molecular formula is C17H18N4O2. The number of fused-ring (bicyclic) bond motifs is 1. The molecule has 0 atom stereocenters. The molecule has 0 amide bonds. The molecule has 3 heterocycles. The van der Waals surface area contributed by atoms with Gasteiger partial charge in [-0.2, -0.15) is 0 Å². The molecule has 23 heavy (non-hydrogen) atoms. The molecule has 1 fully saturated rings. The van der Waals surface area contributed by atoms with E-state index >= 15 is 0 Å². The van der Waals surface area contributed by atoms with E-state index in [1.165, 1.54) is 0 Å². The third-order valence-corrected chi connectivity index (χ3v) is 4.18. The van der Waals surface area contributed by atoms with E-state index in [-0.39, 0.29) is 6.61 Å². The molecule has 0 bridgehead atoms. The van der Waals surface area contributed by atoms with Crippen LogP contribution in [0, 0.1) is 0 Å². The summed E-state index contributed by atoms with van der Waals surface area (Å²) >= 11 is 0. The molecule has 1 aromatic carbocycles. The molecule has 1 aliphatic rings. The second-order valence-corrected chi connectivity index (χ2v) is 5.50. The summed E-state index contributed by atoms with van der Waals surface area (Å²) in [7, 11) is 0. The van der Waals surface area contributed by atoms with E-state index in [1.807, 2.05) is 41.1 Å². The average molecular weight is 310 g/mol. The van der Waals surface area contributed by atoms with E-state index in [0.717, 1.165) is 41.4 Å². The minimum absolute atomic E-state index is 0.00477. The molecule has 0 saturated carbocycles. The molecule has 0 aliphatic carbocycles. The molecule has 4 rings (SSSR count). The number of aliphatic hydroxyl groups excluding tert-OH is 1. The van der Waals surface area contributed by atoms with Gasteiger partial charge in [-0.25, -0.2) is 9.97 Å². The Morgan fingerprint density at radius 2 is 1.96 bits per heavy atom. The Kier molecular flexibility index (Phi) is 3.69. The summed E-state index contributed by atoms with van der Waals surface area (Å²) in [6.07, 6.45) is 5.55. The number of nitrogens with zero attached hydrogens (tertiary/aromatic N) is 4. The highest BCUT2D eigenvalue weighted by atomic mass is 16.5. The fourth-order valence-electron chi connectivity index (χ4n) is 3.01. The Labute approximate surface area is 134 Å². The second-order valence-electron chi connectivity index (χ2n) is 5.50. The summed E-state index contributed by atoms with van der Waals surface area (Å²) in [6.45, 7) is 3.07. The minimum atomic E-state index is 0.00477. The standard InChI is InChI=1S/C17H18N4O2/c22-12-13-3-1-2-4-14(13)15-11-19-17-16(18-5-6-21(15)17)20-7-9-23-10-8-20/h1-6,11,22H,7-10,12H2. The van der Waals surface area contributed by atoms with Gasteiger partial charge in [0.2, 0.25) is 0 Å². The lowest BCUT2D eigenvalue weighted by Crippen LogP contribution is -2.37. The first-order valence-electron chi connectivity index (χ1n) is 7.72. The van der Waals surface area contributed by atoms with Gasteiger partial charge in [0.05, 0.1) is 31.7 Å². The first-order valence-corrected chi connectivity index (χ1v) is 7.72. The van der Waals surface area contributed by atoms with Crippen LogP contribution in [0.4, 0.5) is 5.82 Å². The van der Waals surface area contributed by atoms with Crippen LogP contribution in [0.25, 0.3) is 16.9 Å². The first-order chi connectivity index (χ1) is 11.4. The highest BCUT2D eigenvalue weighted by Gasteiger charge is 2.18. The predicted octanol–water partition coefficient (Wildman–Crippen LogP) is 1.73.